The van der Waals surface area contributed by atoms with Crippen LogP contribution in [-0.4, -0.2) is 11.8 Å². The molecule has 0 aliphatic rings. The molecule has 0 aliphatic heterocycles. The Morgan fingerprint density at radius 3 is 2.64 bits per heavy atom. The van der Waals surface area contributed by atoms with E-state index in [2.05, 4.69) is 0 Å². The predicted molar refractivity (Wildman–Crippen MR) is 83.8 cm³/mol. The largest absolute Gasteiger partial charge is 0.461 e. The van der Waals surface area contributed by atoms with Crippen LogP contribution in [0.4, 0.5) is 4.39 Å². The topological polar surface area (TPSA) is 43.4 Å². The molecule has 0 saturated heterocycles. The molecule has 0 radical (unpaired) electrons. The monoisotopic (exact) mass is 340 g/mol. The average Bonchev–Trinajstić information content (AvgIpc) is 2.91. The number of ether oxygens (including phenoxy) is 1. The summed E-state index contributed by atoms with van der Waals surface area (Å²) in [6.45, 7) is 1.67. The number of halogens is 2. The molecule has 3 nitrogen and oxygen atoms in total. The third kappa shape index (κ3) is 4.39. The van der Waals surface area contributed by atoms with Crippen molar-refractivity contribution in [1.82, 2.24) is 0 Å². The zero-order valence-corrected chi connectivity index (χ0v) is 13.5. The van der Waals surface area contributed by atoms with Crippen molar-refractivity contribution in [2.75, 3.05) is 0 Å². The van der Waals surface area contributed by atoms with Crippen LogP contribution in [0.15, 0.2) is 30.3 Å². The number of carbonyl (C=O) groups excluding carboxylic acids is 2. The van der Waals surface area contributed by atoms with E-state index in [4.69, 9.17) is 16.3 Å². The number of benzene rings is 1. The van der Waals surface area contributed by atoms with E-state index in [1.165, 1.54) is 29.5 Å². The first-order chi connectivity index (χ1) is 10.5. The highest BCUT2D eigenvalue weighted by molar-refractivity contribution is 7.14. The molecular weight excluding hydrogens is 327 g/mol. The summed E-state index contributed by atoms with van der Waals surface area (Å²) in [4.78, 5) is 25.2. The molecule has 0 aliphatic carbocycles. The number of Topliss-reactive ketones (excluding diaryl/α,β-unsaturated/α-hetero) is 1. The lowest BCUT2D eigenvalue weighted by atomic mass is 10.2. The van der Waals surface area contributed by atoms with Crippen molar-refractivity contribution >= 4 is 34.7 Å². The third-order valence-electron chi connectivity index (χ3n) is 3.01. The summed E-state index contributed by atoms with van der Waals surface area (Å²) in [5.74, 6) is -1.18. The fourth-order valence-electron chi connectivity index (χ4n) is 1.82. The second-order valence-electron chi connectivity index (χ2n) is 4.69. The first-order valence-corrected chi connectivity index (χ1v) is 7.85. The molecule has 0 spiro atoms. The SMILES string of the molecule is Cc1ccc(C(=O)CCC(=O)OCc2c(F)cccc2Cl)s1. The van der Waals surface area contributed by atoms with Crippen molar-refractivity contribution in [3.63, 3.8) is 0 Å². The van der Waals surface area contributed by atoms with Gasteiger partial charge in [0, 0.05) is 16.9 Å². The smallest absolute Gasteiger partial charge is 0.306 e. The van der Waals surface area contributed by atoms with Crippen LogP contribution in [0, 0.1) is 12.7 Å². The van der Waals surface area contributed by atoms with Crippen LogP contribution < -0.4 is 0 Å². The van der Waals surface area contributed by atoms with Crippen LogP contribution in [0.25, 0.3) is 0 Å². The molecular formula is C16H14ClFO3S. The predicted octanol–water partition coefficient (Wildman–Crippen LogP) is 4.56. The van der Waals surface area contributed by atoms with Gasteiger partial charge < -0.3 is 4.74 Å². The standard InChI is InChI=1S/C16H14ClFO3S/c1-10-5-7-15(22-10)14(19)6-8-16(20)21-9-11-12(17)3-2-4-13(11)18/h2-5,7H,6,8-9H2,1H3. The van der Waals surface area contributed by atoms with E-state index in [1.54, 1.807) is 6.07 Å². The van der Waals surface area contributed by atoms with Crippen LogP contribution in [-0.2, 0) is 16.1 Å². The molecule has 1 aromatic heterocycles. The molecule has 0 saturated carbocycles. The van der Waals surface area contributed by atoms with Gasteiger partial charge in [-0.1, -0.05) is 17.7 Å². The minimum absolute atomic E-state index is 0.0398. The van der Waals surface area contributed by atoms with Crippen LogP contribution in [0.1, 0.15) is 33.0 Å². The minimum atomic E-state index is -0.555. The van der Waals surface area contributed by atoms with Crippen LogP contribution in [0.5, 0.6) is 0 Å². The molecule has 0 bridgehead atoms. The van der Waals surface area contributed by atoms with E-state index in [-0.39, 0.29) is 35.8 Å². The molecule has 2 rings (SSSR count). The maximum absolute atomic E-state index is 13.5. The van der Waals surface area contributed by atoms with E-state index < -0.39 is 11.8 Å². The Kier molecular flexibility index (Phi) is 5.69. The summed E-state index contributed by atoms with van der Waals surface area (Å²) in [5, 5.41) is 0.206. The number of esters is 1. The number of hydrogen-bond donors (Lipinski definition) is 0. The number of carbonyl (C=O) groups is 2. The number of rotatable bonds is 6. The Labute approximate surface area is 136 Å². The fraction of sp³-hybridized carbons (Fsp3) is 0.250. The number of ketones is 1. The van der Waals surface area contributed by atoms with Crippen LogP contribution in [0.3, 0.4) is 0 Å². The molecule has 0 N–H and O–H groups in total. The molecule has 2 aromatic rings. The van der Waals surface area contributed by atoms with Gasteiger partial charge >= 0.3 is 5.97 Å². The van der Waals surface area contributed by atoms with Gasteiger partial charge in [-0.3, -0.25) is 9.59 Å². The normalized spacial score (nSPS) is 10.5. The van der Waals surface area contributed by atoms with Gasteiger partial charge in [0.25, 0.3) is 0 Å². The quantitative estimate of drug-likeness (QED) is 0.572. The minimum Gasteiger partial charge on any atom is -0.461 e. The van der Waals surface area contributed by atoms with E-state index >= 15 is 0 Å². The number of aryl methyl sites for hydroxylation is 1. The Bertz CT molecular complexity index is 676. The van der Waals surface area contributed by atoms with Crippen molar-refractivity contribution in [2.24, 2.45) is 0 Å². The maximum Gasteiger partial charge on any atom is 0.306 e. The molecule has 1 heterocycles. The van der Waals surface area contributed by atoms with Gasteiger partial charge in [0.05, 0.1) is 16.3 Å². The lowest BCUT2D eigenvalue weighted by Gasteiger charge is -2.07. The molecule has 6 heteroatoms. The van der Waals surface area contributed by atoms with E-state index in [0.29, 0.717) is 4.88 Å². The molecule has 0 unspecified atom stereocenters. The summed E-state index contributed by atoms with van der Waals surface area (Å²) in [5.41, 5.74) is 0.137. The molecule has 0 amide bonds. The van der Waals surface area contributed by atoms with Crippen molar-refractivity contribution in [3.8, 4) is 0 Å². The van der Waals surface area contributed by atoms with Gasteiger partial charge in [-0.05, 0) is 31.2 Å². The van der Waals surface area contributed by atoms with Crippen molar-refractivity contribution < 1.29 is 18.7 Å². The maximum atomic E-state index is 13.5. The molecule has 0 fully saturated rings. The van der Waals surface area contributed by atoms with E-state index in [9.17, 15) is 14.0 Å². The molecule has 1 aromatic carbocycles. The fourth-order valence-corrected chi connectivity index (χ4v) is 2.87. The zero-order chi connectivity index (χ0) is 16.1. The number of hydrogen-bond acceptors (Lipinski definition) is 4. The van der Waals surface area contributed by atoms with Crippen molar-refractivity contribution in [3.05, 3.63) is 56.5 Å². The Hall–Kier alpha value is -1.72. The van der Waals surface area contributed by atoms with Crippen molar-refractivity contribution in [2.45, 2.75) is 26.4 Å². The second-order valence-corrected chi connectivity index (χ2v) is 6.39. The van der Waals surface area contributed by atoms with Crippen LogP contribution in [0.2, 0.25) is 5.02 Å². The average molecular weight is 341 g/mol. The highest BCUT2D eigenvalue weighted by Crippen LogP contribution is 2.20. The van der Waals surface area contributed by atoms with Gasteiger partial charge in [-0.2, -0.15) is 0 Å². The van der Waals surface area contributed by atoms with Gasteiger partial charge in [0.1, 0.15) is 12.4 Å². The summed E-state index contributed by atoms with van der Waals surface area (Å²) < 4.78 is 18.5. The van der Waals surface area contributed by atoms with Gasteiger partial charge in [0.15, 0.2) is 5.78 Å². The molecule has 22 heavy (non-hydrogen) atoms. The van der Waals surface area contributed by atoms with Crippen molar-refractivity contribution in [1.29, 1.82) is 0 Å². The Balaban J connectivity index is 1.82. The Morgan fingerprint density at radius 1 is 1.23 bits per heavy atom. The summed E-state index contributed by atoms with van der Waals surface area (Å²) >= 11 is 7.23. The first kappa shape index (κ1) is 16.6. The second kappa shape index (κ2) is 7.51. The van der Waals surface area contributed by atoms with Crippen LogP contribution >= 0.6 is 22.9 Å². The lowest BCUT2D eigenvalue weighted by Crippen LogP contribution is -2.08. The molecule has 116 valence electrons. The summed E-state index contributed by atoms with van der Waals surface area (Å²) in [6.07, 6.45) is 0.0334. The molecule has 0 atom stereocenters. The van der Waals surface area contributed by atoms with Gasteiger partial charge in [-0.25, -0.2) is 4.39 Å². The summed E-state index contributed by atoms with van der Waals surface area (Å²) in [7, 11) is 0. The zero-order valence-electron chi connectivity index (χ0n) is 11.9. The number of thiophene rings is 1. The van der Waals surface area contributed by atoms with Gasteiger partial charge in [0.2, 0.25) is 0 Å². The Morgan fingerprint density at radius 2 is 2.00 bits per heavy atom. The summed E-state index contributed by atoms with van der Waals surface area (Å²) in [6, 6.07) is 7.85. The highest BCUT2D eigenvalue weighted by Gasteiger charge is 2.13. The third-order valence-corrected chi connectivity index (χ3v) is 4.41. The van der Waals surface area contributed by atoms with E-state index in [0.717, 1.165) is 4.88 Å². The lowest BCUT2D eigenvalue weighted by molar-refractivity contribution is -0.144. The first-order valence-electron chi connectivity index (χ1n) is 6.65. The van der Waals surface area contributed by atoms with E-state index in [1.807, 2.05) is 13.0 Å². The highest BCUT2D eigenvalue weighted by atomic mass is 35.5. The van der Waals surface area contributed by atoms with Gasteiger partial charge in [-0.15, -0.1) is 11.3 Å².